The number of aromatic nitrogens is 1. The number of nitrogen functional groups attached to an aromatic ring is 1. The lowest BCUT2D eigenvalue weighted by Gasteiger charge is -2.04. The quantitative estimate of drug-likeness (QED) is 0.718. The van der Waals surface area contributed by atoms with Crippen molar-refractivity contribution in [3.05, 3.63) is 53.9 Å². The van der Waals surface area contributed by atoms with E-state index in [1.54, 1.807) is 18.3 Å². The highest BCUT2D eigenvalue weighted by atomic mass is 32.2. The van der Waals surface area contributed by atoms with Crippen molar-refractivity contribution in [2.45, 2.75) is 10.8 Å². The van der Waals surface area contributed by atoms with Crippen LogP contribution in [-0.4, -0.2) is 16.1 Å². The van der Waals surface area contributed by atoms with E-state index in [1.165, 1.54) is 17.8 Å². The number of nitrogens with two attached hydrogens (primary N) is 1. The summed E-state index contributed by atoms with van der Waals surface area (Å²) < 4.78 is 5.23. The number of carboxylic acids is 1. The van der Waals surface area contributed by atoms with Crippen molar-refractivity contribution in [3.8, 4) is 0 Å². The summed E-state index contributed by atoms with van der Waals surface area (Å²) >= 11 is 1.54. The molecule has 106 valence electrons. The van der Waals surface area contributed by atoms with Crippen LogP contribution in [0, 0.1) is 0 Å². The van der Waals surface area contributed by atoms with Crippen LogP contribution in [0.25, 0.3) is 11.0 Å². The van der Waals surface area contributed by atoms with E-state index in [0.717, 1.165) is 16.0 Å². The summed E-state index contributed by atoms with van der Waals surface area (Å²) in [6.07, 6.45) is 1.71. The maximum atomic E-state index is 10.9. The highest BCUT2D eigenvalue weighted by Gasteiger charge is 2.11. The molecule has 0 amide bonds. The molecule has 0 aliphatic rings. The Balaban J connectivity index is 1.81. The molecule has 1 aromatic carbocycles. The third-order valence-corrected chi connectivity index (χ3v) is 4.06. The number of anilines is 1. The molecule has 0 saturated heterocycles. The summed E-state index contributed by atoms with van der Waals surface area (Å²) in [5.41, 5.74) is 8.12. The minimum atomic E-state index is -1.07. The largest absolute Gasteiger partial charge is 0.475 e. The first kappa shape index (κ1) is 13.5. The highest BCUT2D eigenvalue weighted by molar-refractivity contribution is 7.98. The Labute approximate surface area is 124 Å². The molecule has 3 rings (SSSR count). The molecule has 0 unspecified atom stereocenters. The van der Waals surface area contributed by atoms with Crippen molar-refractivity contribution in [2.24, 2.45) is 0 Å². The molecule has 5 nitrogen and oxygen atoms in total. The molecule has 0 saturated carbocycles. The summed E-state index contributed by atoms with van der Waals surface area (Å²) in [5.74, 6) is -0.419. The highest BCUT2D eigenvalue weighted by Crippen LogP contribution is 2.28. The lowest BCUT2D eigenvalue weighted by Crippen LogP contribution is -1.91. The van der Waals surface area contributed by atoms with Gasteiger partial charge in [-0.25, -0.2) is 9.78 Å². The zero-order chi connectivity index (χ0) is 14.8. The van der Waals surface area contributed by atoms with Gasteiger partial charge in [0, 0.05) is 17.3 Å². The number of carboxylic acid groups (broad SMARTS) is 1. The van der Waals surface area contributed by atoms with Crippen molar-refractivity contribution in [3.63, 3.8) is 0 Å². The number of pyridine rings is 1. The first-order valence-electron chi connectivity index (χ1n) is 6.22. The van der Waals surface area contributed by atoms with E-state index in [2.05, 4.69) is 4.98 Å². The molecule has 0 aliphatic carbocycles. The number of aromatic carboxylic acids is 1. The number of thioether (sulfide) groups is 1. The average molecular weight is 300 g/mol. The number of nitrogens with zero attached hydrogens (tertiary/aromatic N) is 1. The second-order valence-corrected chi connectivity index (χ2v) is 5.44. The van der Waals surface area contributed by atoms with E-state index >= 15 is 0 Å². The molecule has 21 heavy (non-hydrogen) atoms. The van der Waals surface area contributed by atoms with Gasteiger partial charge in [0.05, 0.1) is 5.69 Å². The van der Waals surface area contributed by atoms with Crippen molar-refractivity contribution < 1.29 is 14.3 Å². The van der Waals surface area contributed by atoms with Gasteiger partial charge in [0.15, 0.2) is 0 Å². The Kier molecular flexibility index (Phi) is 3.53. The number of hydrogen-bond donors (Lipinski definition) is 2. The van der Waals surface area contributed by atoms with E-state index in [0.29, 0.717) is 17.0 Å². The Bertz CT molecular complexity index is 814. The van der Waals surface area contributed by atoms with Gasteiger partial charge in [-0.2, -0.15) is 0 Å². The van der Waals surface area contributed by atoms with Gasteiger partial charge in [-0.05, 0) is 35.9 Å². The zero-order valence-corrected chi connectivity index (χ0v) is 11.8. The molecule has 2 heterocycles. The molecule has 0 fully saturated rings. The molecule has 0 bridgehead atoms. The lowest BCUT2D eigenvalue weighted by atomic mass is 10.2. The lowest BCUT2D eigenvalue weighted by molar-refractivity contribution is 0.0665. The van der Waals surface area contributed by atoms with E-state index in [-0.39, 0.29) is 5.76 Å². The number of benzene rings is 1. The fourth-order valence-electron chi connectivity index (χ4n) is 1.96. The number of furan rings is 1. The Morgan fingerprint density at radius 2 is 2.19 bits per heavy atom. The van der Waals surface area contributed by atoms with Crippen LogP contribution >= 0.6 is 11.8 Å². The molecular weight excluding hydrogens is 288 g/mol. The standard InChI is InChI=1S/C15H12N2O3S/c16-11-2-1-5-17-14(11)21-8-9-3-4-12-10(6-9)7-13(20-12)15(18)19/h1-7H,8,16H2,(H,18,19). The molecule has 6 heteroatoms. The fourth-order valence-corrected chi connectivity index (χ4v) is 2.82. The van der Waals surface area contributed by atoms with Crippen LogP contribution in [0.15, 0.2) is 52.0 Å². The van der Waals surface area contributed by atoms with Gasteiger partial charge in [0.2, 0.25) is 5.76 Å². The van der Waals surface area contributed by atoms with Crippen molar-refractivity contribution >= 4 is 34.4 Å². The van der Waals surface area contributed by atoms with Gasteiger partial charge < -0.3 is 15.3 Å². The molecule has 3 N–H and O–H groups in total. The minimum absolute atomic E-state index is 0.0521. The van der Waals surface area contributed by atoms with Crippen LogP contribution in [0.5, 0.6) is 0 Å². The summed E-state index contributed by atoms with van der Waals surface area (Å²) in [4.78, 5) is 15.1. The van der Waals surface area contributed by atoms with Crippen LogP contribution in [-0.2, 0) is 5.75 Å². The van der Waals surface area contributed by atoms with Gasteiger partial charge in [-0.1, -0.05) is 17.8 Å². The van der Waals surface area contributed by atoms with E-state index < -0.39 is 5.97 Å². The Morgan fingerprint density at radius 1 is 1.33 bits per heavy atom. The second kappa shape index (κ2) is 5.49. The number of hydrogen-bond acceptors (Lipinski definition) is 5. The molecule has 3 aromatic rings. The SMILES string of the molecule is Nc1cccnc1SCc1ccc2oc(C(=O)O)cc2c1. The molecule has 0 atom stereocenters. The molecular formula is C15H12N2O3S. The number of fused-ring (bicyclic) bond motifs is 1. The van der Waals surface area contributed by atoms with Crippen LogP contribution in [0.4, 0.5) is 5.69 Å². The fraction of sp³-hybridized carbons (Fsp3) is 0.0667. The van der Waals surface area contributed by atoms with E-state index in [4.69, 9.17) is 15.3 Å². The third-order valence-electron chi connectivity index (χ3n) is 2.97. The van der Waals surface area contributed by atoms with Gasteiger partial charge in [-0.3, -0.25) is 0 Å². The topological polar surface area (TPSA) is 89.4 Å². The molecule has 0 radical (unpaired) electrons. The van der Waals surface area contributed by atoms with E-state index in [1.807, 2.05) is 18.2 Å². The van der Waals surface area contributed by atoms with Gasteiger partial charge in [0.1, 0.15) is 10.6 Å². The number of carbonyl (C=O) groups is 1. The minimum Gasteiger partial charge on any atom is -0.475 e. The maximum absolute atomic E-state index is 10.9. The second-order valence-electron chi connectivity index (χ2n) is 4.47. The molecule has 2 aromatic heterocycles. The maximum Gasteiger partial charge on any atom is 0.371 e. The Morgan fingerprint density at radius 3 is 2.95 bits per heavy atom. The van der Waals surface area contributed by atoms with Crippen LogP contribution < -0.4 is 5.73 Å². The summed E-state index contributed by atoms with van der Waals surface area (Å²) in [5, 5.41) is 10.5. The predicted octanol–water partition coefficient (Wildman–Crippen LogP) is 3.40. The predicted molar refractivity (Wildman–Crippen MR) is 81.4 cm³/mol. The van der Waals surface area contributed by atoms with Crippen molar-refractivity contribution in [1.29, 1.82) is 0 Å². The zero-order valence-electron chi connectivity index (χ0n) is 10.9. The van der Waals surface area contributed by atoms with Crippen LogP contribution in [0.3, 0.4) is 0 Å². The molecule has 0 spiro atoms. The normalized spacial score (nSPS) is 10.9. The smallest absolute Gasteiger partial charge is 0.371 e. The van der Waals surface area contributed by atoms with Crippen LogP contribution in [0.1, 0.15) is 16.1 Å². The van der Waals surface area contributed by atoms with Gasteiger partial charge >= 0.3 is 5.97 Å². The van der Waals surface area contributed by atoms with Crippen molar-refractivity contribution in [2.75, 3.05) is 5.73 Å². The summed E-state index contributed by atoms with van der Waals surface area (Å²) in [6, 6.07) is 10.7. The first-order valence-corrected chi connectivity index (χ1v) is 7.21. The first-order chi connectivity index (χ1) is 10.1. The number of rotatable bonds is 4. The van der Waals surface area contributed by atoms with Gasteiger partial charge in [-0.15, -0.1) is 0 Å². The van der Waals surface area contributed by atoms with E-state index in [9.17, 15) is 4.79 Å². The summed E-state index contributed by atoms with van der Waals surface area (Å²) in [7, 11) is 0. The third kappa shape index (κ3) is 2.85. The average Bonchev–Trinajstić information content (AvgIpc) is 2.90. The summed E-state index contributed by atoms with van der Waals surface area (Å²) in [6.45, 7) is 0. The molecule has 0 aliphatic heterocycles. The van der Waals surface area contributed by atoms with Gasteiger partial charge in [0.25, 0.3) is 0 Å². The monoisotopic (exact) mass is 300 g/mol. The van der Waals surface area contributed by atoms with Crippen molar-refractivity contribution in [1.82, 2.24) is 4.98 Å². The Hall–Kier alpha value is -2.47. The van der Waals surface area contributed by atoms with Crippen LogP contribution in [0.2, 0.25) is 0 Å².